The van der Waals surface area contributed by atoms with Gasteiger partial charge in [0, 0.05) is 39.3 Å². The van der Waals surface area contributed by atoms with Crippen LogP contribution in [0.15, 0.2) is 0 Å². The van der Waals surface area contributed by atoms with Gasteiger partial charge in [-0.3, -0.25) is 9.59 Å². The monoisotopic (exact) mass is 302 g/mol. The van der Waals surface area contributed by atoms with Crippen molar-refractivity contribution in [3.05, 3.63) is 0 Å². The number of Topliss-reactive ketones (excluding diaryl/α,β-unsaturated/α-hetero) is 2. The lowest BCUT2D eigenvalue weighted by Gasteiger charge is -2.18. The molecule has 3 aliphatic rings. The summed E-state index contributed by atoms with van der Waals surface area (Å²) in [6.07, 6.45) is 5.03. The van der Waals surface area contributed by atoms with Crippen LogP contribution in [0.2, 0.25) is 0 Å². The predicted molar refractivity (Wildman–Crippen MR) is 76.2 cm³/mol. The minimum atomic E-state index is -0.529. The first-order valence-corrected chi connectivity index (χ1v) is 7.66. The number of carbonyl (C=O) groups excluding carboxylic acids is 2. The molecule has 3 heterocycles. The van der Waals surface area contributed by atoms with Crippen LogP contribution in [-0.2, 0) is 23.8 Å². The molecule has 0 aromatic rings. The molecule has 1 atom stereocenters. The van der Waals surface area contributed by atoms with Crippen LogP contribution in [0.5, 0.6) is 0 Å². The van der Waals surface area contributed by atoms with Gasteiger partial charge in [-0.1, -0.05) is 0 Å². The molecule has 0 amide bonds. The van der Waals surface area contributed by atoms with Gasteiger partial charge in [-0.2, -0.15) is 0 Å². The standard InChI is InChI=1S/C6H10O3.C5H8O2.C4H8O/c7-4-6-5(8)2-1-3-9-6;6-5-2-1-3-7-4-5;1-2-4-5-3-1/h6-7H,1-4H2;1-4H2;1-4H2. The first kappa shape index (κ1) is 18.2. The largest absolute Gasteiger partial charge is 0.393 e. The summed E-state index contributed by atoms with van der Waals surface area (Å²) in [7, 11) is 0. The van der Waals surface area contributed by atoms with Gasteiger partial charge in [-0.15, -0.1) is 0 Å². The first-order chi connectivity index (χ1) is 10.2. The molecule has 21 heavy (non-hydrogen) atoms. The Labute approximate surface area is 125 Å². The van der Waals surface area contributed by atoms with Crippen molar-refractivity contribution in [3.63, 3.8) is 0 Å². The molecule has 0 aromatic heterocycles. The summed E-state index contributed by atoms with van der Waals surface area (Å²) < 4.78 is 14.7. The van der Waals surface area contributed by atoms with E-state index in [2.05, 4.69) is 0 Å². The van der Waals surface area contributed by atoms with Crippen molar-refractivity contribution in [2.24, 2.45) is 0 Å². The van der Waals surface area contributed by atoms with Crippen LogP contribution in [0, 0.1) is 0 Å². The predicted octanol–water partition coefficient (Wildman–Crippen LogP) is 0.890. The van der Waals surface area contributed by atoms with Gasteiger partial charge in [0.05, 0.1) is 6.61 Å². The van der Waals surface area contributed by atoms with Gasteiger partial charge < -0.3 is 19.3 Å². The number of ether oxygens (including phenoxy) is 3. The Kier molecular flexibility index (Phi) is 10.2. The first-order valence-electron chi connectivity index (χ1n) is 7.66. The van der Waals surface area contributed by atoms with E-state index in [1.165, 1.54) is 12.8 Å². The average molecular weight is 302 g/mol. The Morgan fingerprint density at radius 1 is 0.905 bits per heavy atom. The third-order valence-electron chi connectivity index (χ3n) is 3.25. The fraction of sp³-hybridized carbons (Fsp3) is 0.867. The number of rotatable bonds is 1. The van der Waals surface area contributed by atoms with Crippen LogP contribution in [-0.4, -0.2) is 62.4 Å². The highest BCUT2D eigenvalue weighted by molar-refractivity contribution is 5.83. The van der Waals surface area contributed by atoms with Crippen molar-refractivity contribution < 1.29 is 28.9 Å². The van der Waals surface area contributed by atoms with Crippen LogP contribution in [0.25, 0.3) is 0 Å². The zero-order valence-corrected chi connectivity index (χ0v) is 12.6. The third-order valence-corrected chi connectivity index (χ3v) is 3.25. The Hall–Kier alpha value is -0.820. The number of hydrogen-bond acceptors (Lipinski definition) is 6. The molecule has 0 aromatic carbocycles. The van der Waals surface area contributed by atoms with Gasteiger partial charge in [-0.25, -0.2) is 0 Å². The fourth-order valence-corrected chi connectivity index (χ4v) is 2.02. The molecule has 6 heteroatoms. The van der Waals surface area contributed by atoms with Crippen LogP contribution in [0.3, 0.4) is 0 Å². The number of ketones is 2. The maximum Gasteiger partial charge on any atom is 0.164 e. The van der Waals surface area contributed by atoms with Gasteiger partial charge in [0.2, 0.25) is 0 Å². The quantitative estimate of drug-likeness (QED) is 0.774. The number of hydrogen-bond donors (Lipinski definition) is 1. The second-order valence-corrected chi connectivity index (χ2v) is 5.13. The highest BCUT2D eigenvalue weighted by atomic mass is 16.5. The number of aliphatic hydroxyl groups is 1. The summed E-state index contributed by atoms with van der Waals surface area (Å²) >= 11 is 0. The van der Waals surface area contributed by atoms with Gasteiger partial charge in [0.25, 0.3) is 0 Å². The lowest BCUT2D eigenvalue weighted by molar-refractivity contribution is -0.138. The molecule has 0 spiro atoms. The van der Waals surface area contributed by atoms with E-state index in [0.29, 0.717) is 19.6 Å². The number of aliphatic hydroxyl groups excluding tert-OH is 1. The summed E-state index contributed by atoms with van der Waals surface area (Å²) in [5.74, 6) is 0.273. The zero-order chi connectivity index (χ0) is 15.3. The van der Waals surface area contributed by atoms with E-state index >= 15 is 0 Å². The smallest absolute Gasteiger partial charge is 0.164 e. The van der Waals surface area contributed by atoms with E-state index in [-0.39, 0.29) is 18.2 Å². The summed E-state index contributed by atoms with van der Waals surface area (Å²) in [5, 5.41) is 8.52. The number of carbonyl (C=O) groups is 2. The molecule has 3 fully saturated rings. The molecule has 0 bridgehead atoms. The van der Waals surface area contributed by atoms with Gasteiger partial charge in [-0.05, 0) is 25.7 Å². The van der Waals surface area contributed by atoms with Gasteiger partial charge in [0.1, 0.15) is 12.7 Å². The summed E-state index contributed by atoms with van der Waals surface area (Å²) in [6, 6.07) is 0. The molecule has 3 aliphatic heterocycles. The van der Waals surface area contributed by atoms with Crippen molar-refractivity contribution >= 4 is 11.6 Å². The van der Waals surface area contributed by atoms with Crippen LogP contribution in [0.4, 0.5) is 0 Å². The van der Waals surface area contributed by atoms with Crippen molar-refractivity contribution in [2.45, 2.75) is 44.6 Å². The van der Waals surface area contributed by atoms with Crippen molar-refractivity contribution in [1.82, 2.24) is 0 Å². The van der Waals surface area contributed by atoms with Crippen molar-refractivity contribution in [3.8, 4) is 0 Å². The van der Waals surface area contributed by atoms with E-state index in [1.807, 2.05) is 0 Å². The van der Waals surface area contributed by atoms with Gasteiger partial charge in [0.15, 0.2) is 11.6 Å². The maximum atomic E-state index is 10.7. The molecule has 6 nitrogen and oxygen atoms in total. The van der Waals surface area contributed by atoms with E-state index in [1.54, 1.807) is 0 Å². The lowest BCUT2D eigenvalue weighted by atomic mass is 10.1. The van der Waals surface area contributed by atoms with Crippen LogP contribution < -0.4 is 0 Å². The lowest BCUT2D eigenvalue weighted by Crippen LogP contribution is -2.32. The molecule has 0 radical (unpaired) electrons. The van der Waals surface area contributed by atoms with E-state index in [9.17, 15) is 9.59 Å². The van der Waals surface area contributed by atoms with E-state index in [4.69, 9.17) is 19.3 Å². The molecular weight excluding hydrogens is 276 g/mol. The van der Waals surface area contributed by atoms with E-state index < -0.39 is 6.10 Å². The summed E-state index contributed by atoms with van der Waals surface area (Å²) in [5.41, 5.74) is 0. The maximum absolute atomic E-state index is 10.7. The molecule has 3 rings (SSSR count). The Morgan fingerprint density at radius 2 is 1.57 bits per heavy atom. The highest BCUT2D eigenvalue weighted by Crippen LogP contribution is 2.07. The Morgan fingerprint density at radius 3 is 1.90 bits per heavy atom. The topological polar surface area (TPSA) is 82.1 Å². The van der Waals surface area contributed by atoms with Crippen molar-refractivity contribution in [1.29, 1.82) is 0 Å². The molecule has 3 saturated heterocycles. The second-order valence-electron chi connectivity index (χ2n) is 5.13. The molecular formula is C15H26O6. The average Bonchev–Trinajstić information content (AvgIpc) is 3.09. The Balaban J connectivity index is 0.000000164. The van der Waals surface area contributed by atoms with E-state index in [0.717, 1.165) is 39.1 Å². The fourth-order valence-electron chi connectivity index (χ4n) is 2.02. The molecule has 0 saturated carbocycles. The van der Waals surface area contributed by atoms with Crippen LogP contribution >= 0.6 is 0 Å². The molecule has 1 unspecified atom stereocenters. The Bertz CT molecular complexity index is 285. The minimum absolute atomic E-state index is 0.0313. The second kappa shape index (κ2) is 11.8. The normalized spacial score (nSPS) is 25.5. The third kappa shape index (κ3) is 8.93. The van der Waals surface area contributed by atoms with Gasteiger partial charge >= 0.3 is 0 Å². The minimum Gasteiger partial charge on any atom is -0.393 e. The zero-order valence-electron chi connectivity index (χ0n) is 12.6. The molecule has 0 aliphatic carbocycles. The summed E-state index contributed by atoms with van der Waals surface area (Å²) in [4.78, 5) is 21.1. The summed E-state index contributed by atoms with van der Waals surface area (Å²) in [6.45, 7) is 3.56. The van der Waals surface area contributed by atoms with Crippen molar-refractivity contribution in [2.75, 3.05) is 39.6 Å². The SMILES string of the molecule is C1CCOC1.O=C1CCCOC1.O=C1CCCOC1CO. The highest BCUT2D eigenvalue weighted by Gasteiger charge is 2.21. The van der Waals surface area contributed by atoms with Crippen LogP contribution in [0.1, 0.15) is 38.5 Å². The molecule has 1 N–H and O–H groups in total. The molecule has 122 valence electrons.